The molecule has 1 aromatic heterocycles. The molecule has 0 radical (unpaired) electrons. The third-order valence-electron chi connectivity index (χ3n) is 3.25. The Balaban J connectivity index is 1.73. The largest absolute Gasteiger partial charge is 0.313 e. The number of nitrogens with one attached hydrogen (secondary N) is 1. The maximum Gasteiger partial charge on any atom is 0.0256 e. The molecule has 0 amide bonds. The zero-order valence-electron chi connectivity index (χ0n) is 10.2. The van der Waals surface area contributed by atoms with Crippen LogP contribution in [0.3, 0.4) is 0 Å². The Morgan fingerprint density at radius 2 is 2.44 bits per heavy atom. The lowest BCUT2D eigenvalue weighted by atomic mass is 10.0. The lowest BCUT2D eigenvalue weighted by Crippen LogP contribution is -2.38. The summed E-state index contributed by atoms with van der Waals surface area (Å²) in [5.41, 5.74) is 1.47. The average molecular weight is 255 g/mol. The smallest absolute Gasteiger partial charge is 0.0256 e. The van der Waals surface area contributed by atoms with E-state index in [1.807, 2.05) is 0 Å². The maximum atomic E-state index is 3.69. The highest BCUT2D eigenvalue weighted by molar-refractivity contribution is 8.00. The van der Waals surface area contributed by atoms with Gasteiger partial charge < -0.3 is 5.32 Å². The van der Waals surface area contributed by atoms with Gasteiger partial charge in [-0.3, -0.25) is 0 Å². The molecule has 2 heterocycles. The molecular weight excluding hydrogens is 234 g/mol. The number of rotatable bonds is 5. The fraction of sp³-hybridized carbons (Fsp3) is 0.692. The summed E-state index contributed by atoms with van der Waals surface area (Å²) in [5.74, 6) is 1.34. The molecule has 1 aliphatic rings. The molecule has 16 heavy (non-hydrogen) atoms. The fourth-order valence-corrected chi connectivity index (χ4v) is 4.14. The first kappa shape index (κ1) is 12.5. The Morgan fingerprint density at radius 3 is 3.06 bits per heavy atom. The Labute approximate surface area is 107 Å². The van der Waals surface area contributed by atoms with Crippen LogP contribution in [0.15, 0.2) is 16.8 Å². The molecule has 2 atom stereocenters. The highest BCUT2D eigenvalue weighted by Gasteiger charge is 2.29. The van der Waals surface area contributed by atoms with Gasteiger partial charge in [-0.05, 0) is 61.3 Å². The van der Waals surface area contributed by atoms with E-state index in [9.17, 15) is 0 Å². The minimum atomic E-state index is 0.489. The van der Waals surface area contributed by atoms with Crippen molar-refractivity contribution in [2.24, 2.45) is 0 Å². The third-order valence-corrected chi connectivity index (χ3v) is 5.52. The van der Waals surface area contributed by atoms with Gasteiger partial charge in [-0.2, -0.15) is 23.1 Å². The van der Waals surface area contributed by atoms with E-state index in [0.29, 0.717) is 10.8 Å². The molecule has 1 saturated heterocycles. The van der Waals surface area contributed by atoms with Crippen LogP contribution in [0, 0.1) is 0 Å². The summed E-state index contributed by atoms with van der Waals surface area (Å²) >= 11 is 3.93. The molecule has 90 valence electrons. The first-order valence-corrected chi connectivity index (χ1v) is 7.99. The van der Waals surface area contributed by atoms with Crippen LogP contribution >= 0.6 is 23.1 Å². The van der Waals surface area contributed by atoms with E-state index in [1.54, 1.807) is 11.3 Å². The van der Waals surface area contributed by atoms with Crippen LogP contribution in [0.5, 0.6) is 0 Å². The normalized spacial score (nSPS) is 27.1. The molecule has 0 bridgehead atoms. The topological polar surface area (TPSA) is 12.0 Å². The van der Waals surface area contributed by atoms with Crippen LogP contribution in [0.2, 0.25) is 0 Å². The van der Waals surface area contributed by atoms with Crippen LogP contribution in [-0.2, 0) is 6.42 Å². The van der Waals surface area contributed by atoms with Gasteiger partial charge in [-0.1, -0.05) is 0 Å². The van der Waals surface area contributed by atoms with Crippen molar-refractivity contribution < 1.29 is 0 Å². The summed E-state index contributed by atoms with van der Waals surface area (Å²) in [7, 11) is 0. The minimum absolute atomic E-state index is 0.489. The molecule has 1 nitrogen and oxygen atoms in total. The minimum Gasteiger partial charge on any atom is -0.313 e. The monoisotopic (exact) mass is 255 g/mol. The van der Waals surface area contributed by atoms with Crippen molar-refractivity contribution in [3.8, 4) is 0 Å². The average Bonchev–Trinajstić information content (AvgIpc) is 2.88. The second-order valence-corrected chi connectivity index (χ2v) is 7.48. The van der Waals surface area contributed by atoms with Crippen LogP contribution in [0.4, 0.5) is 0 Å². The van der Waals surface area contributed by atoms with Gasteiger partial charge in [0.05, 0.1) is 0 Å². The Kier molecular flexibility index (Phi) is 4.34. The predicted octanol–water partition coefficient (Wildman–Crippen LogP) is 3.55. The molecule has 0 aliphatic carbocycles. The number of hydrogen-bond donors (Lipinski definition) is 1. The van der Waals surface area contributed by atoms with Crippen LogP contribution in [-0.4, -0.2) is 23.1 Å². The quantitative estimate of drug-likeness (QED) is 0.863. The molecular formula is C13H21NS2. The summed E-state index contributed by atoms with van der Waals surface area (Å²) < 4.78 is 0.489. The summed E-state index contributed by atoms with van der Waals surface area (Å²) in [6.45, 7) is 5.85. The maximum absolute atomic E-state index is 3.69. The van der Waals surface area contributed by atoms with Gasteiger partial charge in [0.1, 0.15) is 0 Å². The van der Waals surface area contributed by atoms with Crippen molar-refractivity contribution in [2.45, 2.75) is 43.9 Å². The summed E-state index contributed by atoms with van der Waals surface area (Å²) in [4.78, 5) is 0. The number of thiophene rings is 1. The zero-order chi connectivity index (χ0) is 11.4. The second-order valence-electron chi connectivity index (χ2n) is 5.02. The van der Waals surface area contributed by atoms with Crippen molar-refractivity contribution in [1.29, 1.82) is 0 Å². The summed E-state index contributed by atoms with van der Waals surface area (Å²) in [6.07, 6.45) is 3.92. The Bertz CT molecular complexity index is 302. The molecule has 2 unspecified atom stereocenters. The molecule has 1 aliphatic heterocycles. The molecule has 2 rings (SSSR count). The van der Waals surface area contributed by atoms with Crippen LogP contribution < -0.4 is 5.32 Å². The van der Waals surface area contributed by atoms with E-state index in [-0.39, 0.29) is 0 Å². The molecule has 1 fully saturated rings. The SMILES string of the molecule is CC(Cc1ccsc1)NCC1(C)CCCS1. The van der Waals surface area contributed by atoms with Gasteiger partial charge in [0, 0.05) is 17.3 Å². The summed E-state index contributed by atoms with van der Waals surface area (Å²) in [6, 6.07) is 2.82. The van der Waals surface area contributed by atoms with Crippen LogP contribution in [0.25, 0.3) is 0 Å². The van der Waals surface area contributed by atoms with E-state index in [4.69, 9.17) is 0 Å². The van der Waals surface area contributed by atoms with E-state index in [0.717, 1.165) is 13.0 Å². The van der Waals surface area contributed by atoms with Gasteiger partial charge in [-0.25, -0.2) is 0 Å². The molecule has 0 saturated carbocycles. The lowest BCUT2D eigenvalue weighted by Gasteiger charge is -2.25. The number of thioether (sulfide) groups is 1. The van der Waals surface area contributed by atoms with Gasteiger partial charge in [0.2, 0.25) is 0 Å². The standard InChI is InChI=1S/C13H21NS2/c1-11(8-12-4-7-15-9-12)14-10-13(2)5-3-6-16-13/h4,7,9,11,14H,3,5-6,8,10H2,1-2H3. The molecule has 1 N–H and O–H groups in total. The van der Waals surface area contributed by atoms with E-state index >= 15 is 0 Å². The molecule has 3 heteroatoms. The first-order valence-electron chi connectivity index (χ1n) is 6.06. The van der Waals surface area contributed by atoms with Crippen LogP contribution in [0.1, 0.15) is 32.3 Å². The Hall–Kier alpha value is 0.01000. The van der Waals surface area contributed by atoms with E-state index in [2.05, 4.69) is 47.8 Å². The van der Waals surface area contributed by atoms with E-state index in [1.165, 1.54) is 24.2 Å². The number of hydrogen-bond acceptors (Lipinski definition) is 3. The van der Waals surface area contributed by atoms with Crippen molar-refractivity contribution >= 4 is 23.1 Å². The van der Waals surface area contributed by atoms with Gasteiger partial charge in [0.15, 0.2) is 0 Å². The highest BCUT2D eigenvalue weighted by atomic mass is 32.2. The molecule has 0 aromatic carbocycles. The van der Waals surface area contributed by atoms with Crippen molar-refractivity contribution in [3.63, 3.8) is 0 Å². The molecule has 1 aromatic rings. The van der Waals surface area contributed by atoms with Gasteiger partial charge >= 0.3 is 0 Å². The zero-order valence-corrected chi connectivity index (χ0v) is 11.8. The first-order chi connectivity index (χ1) is 7.68. The second kappa shape index (κ2) is 5.56. The van der Waals surface area contributed by atoms with Crippen molar-refractivity contribution in [3.05, 3.63) is 22.4 Å². The summed E-state index contributed by atoms with van der Waals surface area (Å²) in [5, 5.41) is 8.10. The lowest BCUT2D eigenvalue weighted by molar-refractivity contribution is 0.478. The highest BCUT2D eigenvalue weighted by Crippen LogP contribution is 2.37. The third kappa shape index (κ3) is 3.51. The Morgan fingerprint density at radius 1 is 1.56 bits per heavy atom. The van der Waals surface area contributed by atoms with Gasteiger partial charge in [-0.15, -0.1) is 0 Å². The van der Waals surface area contributed by atoms with E-state index < -0.39 is 0 Å². The molecule has 0 spiro atoms. The van der Waals surface area contributed by atoms with Gasteiger partial charge in [0.25, 0.3) is 0 Å². The van der Waals surface area contributed by atoms with Crippen molar-refractivity contribution in [2.75, 3.05) is 12.3 Å². The fourth-order valence-electron chi connectivity index (χ4n) is 2.20. The van der Waals surface area contributed by atoms with Crippen molar-refractivity contribution in [1.82, 2.24) is 5.32 Å². The predicted molar refractivity (Wildman–Crippen MR) is 75.6 cm³/mol.